The van der Waals surface area contributed by atoms with Gasteiger partial charge in [-0.05, 0) is 44.0 Å². The van der Waals surface area contributed by atoms with Crippen molar-refractivity contribution in [3.63, 3.8) is 0 Å². The molecule has 6 heteroatoms. The normalized spacial score (nSPS) is 18.1. The third-order valence-electron chi connectivity index (χ3n) is 4.74. The second-order valence-electron chi connectivity index (χ2n) is 7.13. The van der Waals surface area contributed by atoms with E-state index < -0.39 is 0 Å². The fraction of sp³-hybridized carbons (Fsp3) is 0.400. The quantitative estimate of drug-likeness (QED) is 0.670. The molecule has 1 aliphatic rings. The van der Waals surface area contributed by atoms with Crippen LogP contribution in [0, 0.1) is 0 Å². The van der Waals surface area contributed by atoms with E-state index in [0.29, 0.717) is 11.1 Å². The van der Waals surface area contributed by atoms with E-state index in [9.17, 15) is 0 Å². The summed E-state index contributed by atoms with van der Waals surface area (Å²) in [4.78, 5) is 7.03. The van der Waals surface area contributed by atoms with Crippen molar-refractivity contribution in [2.45, 2.75) is 39.0 Å². The molecule has 0 N–H and O–H groups in total. The molecule has 3 aromatic rings. The van der Waals surface area contributed by atoms with Crippen LogP contribution in [0.4, 0.5) is 0 Å². The van der Waals surface area contributed by atoms with Gasteiger partial charge in [-0.25, -0.2) is 9.67 Å². The molecule has 1 fully saturated rings. The van der Waals surface area contributed by atoms with Crippen molar-refractivity contribution in [2.24, 2.45) is 0 Å². The lowest BCUT2D eigenvalue weighted by Crippen LogP contribution is -2.24. The fourth-order valence-corrected chi connectivity index (χ4v) is 3.65. The van der Waals surface area contributed by atoms with Gasteiger partial charge in [0.1, 0.15) is 11.9 Å². The topological polar surface area (TPSA) is 43.2 Å². The van der Waals surface area contributed by atoms with Crippen LogP contribution in [0.3, 0.4) is 0 Å². The molecule has 3 heterocycles. The highest BCUT2D eigenvalue weighted by atomic mass is 35.5. The highest BCUT2D eigenvalue weighted by Gasteiger charge is 2.24. The SMILES string of the molecule is CC(C)n1ncc2cc(CN3CCC(Oc4ccccc4Cl)C3)cnc21. The number of para-hydroxylation sites is 1. The van der Waals surface area contributed by atoms with Gasteiger partial charge in [0.25, 0.3) is 0 Å². The summed E-state index contributed by atoms with van der Waals surface area (Å²) in [7, 11) is 0. The van der Waals surface area contributed by atoms with Crippen LogP contribution in [0.25, 0.3) is 11.0 Å². The maximum absolute atomic E-state index is 6.19. The number of hydrogen-bond acceptors (Lipinski definition) is 4. The third-order valence-corrected chi connectivity index (χ3v) is 5.06. The summed E-state index contributed by atoms with van der Waals surface area (Å²) < 4.78 is 8.03. The summed E-state index contributed by atoms with van der Waals surface area (Å²) in [6.45, 7) is 7.02. The largest absolute Gasteiger partial charge is 0.487 e. The molecule has 2 aromatic heterocycles. The molecule has 0 bridgehead atoms. The molecule has 1 saturated heterocycles. The zero-order chi connectivity index (χ0) is 18.1. The molecule has 26 heavy (non-hydrogen) atoms. The van der Waals surface area contributed by atoms with Gasteiger partial charge in [0, 0.05) is 37.3 Å². The van der Waals surface area contributed by atoms with Gasteiger partial charge in [-0.2, -0.15) is 5.10 Å². The number of likely N-dealkylation sites (tertiary alicyclic amines) is 1. The molecule has 0 spiro atoms. The highest BCUT2D eigenvalue weighted by molar-refractivity contribution is 6.32. The highest BCUT2D eigenvalue weighted by Crippen LogP contribution is 2.27. The molecule has 4 rings (SSSR count). The summed E-state index contributed by atoms with van der Waals surface area (Å²) in [5, 5.41) is 6.21. The molecule has 0 radical (unpaired) electrons. The molecule has 0 saturated carbocycles. The summed E-state index contributed by atoms with van der Waals surface area (Å²) >= 11 is 6.19. The van der Waals surface area contributed by atoms with Crippen molar-refractivity contribution >= 4 is 22.6 Å². The molecule has 1 atom stereocenters. The Labute approximate surface area is 158 Å². The number of nitrogens with zero attached hydrogens (tertiary/aromatic N) is 4. The van der Waals surface area contributed by atoms with Crippen LogP contribution in [0.5, 0.6) is 5.75 Å². The minimum atomic E-state index is 0.176. The van der Waals surface area contributed by atoms with Crippen LogP contribution >= 0.6 is 11.6 Å². The summed E-state index contributed by atoms with van der Waals surface area (Å²) in [5.74, 6) is 0.769. The molecular weight excluding hydrogens is 348 g/mol. The van der Waals surface area contributed by atoms with E-state index in [0.717, 1.165) is 42.8 Å². The molecule has 136 valence electrons. The summed E-state index contributed by atoms with van der Waals surface area (Å²) in [5.41, 5.74) is 2.16. The number of fused-ring (bicyclic) bond motifs is 1. The van der Waals surface area contributed by atoms with Gasteiger partial charge < -0.3 is 4.74 Å². The van der Waals surface area contributed by atoms with Gasteiger partial charge in [-0.3, -0.25) is 4.90 Å². The van der Waals surface area contributed by atoms with Crippen molar-refractivity contribution in [3.05, 3.63) is 53.3 Å². The Kier molecular flexibility index (Phi) is 4.83. The van der Waals surface area contributed by atoms with Crippen LogP contribution in [0.1, 0.15) is 31.9 Å². The first-order valence-corrected chi connectivity index (χ1v) is 9.43. The maximum atomic E-state index is 6.19. The van der Waals surface area contributed by atoms with Gasteiger partial charge in [-0.1, -0.05) is 23.7 Å². The lowest BCUT2D eigenvalue weighted by Gasteiger charge is -2.17. The van der Waals surface area contributed by atoms with Gasteiger partial charge in [0.2, 0.25) is 0 Å². The Morgan fingerprint density at radius 1 is 1.27 bits per heavy atom. The van der Waals surface area contributed by atoms with Gasteiger partial charge in [-0.15, -0.1) is 0 Å². The number of benzene rings is 1. The van der Waals surface area contributed by atoms with E-state index in [1.165, 1.54) is 5.56 Å². The van der Waals surface area contributed by atoms with Crippen LogP contribution in [0.15, 0.2) is 42.7 Å². The van der Waals surface area contributed by atoms with Crippen molar-refractivity contribution in [1.29, 1.82) is 0 Å². The summed E-state index contributed by atoms with van der Waals surface area (Å²) in [6.07, 6.45) is 5.05. The smallest absolute Gasteiger partial charge is 0.157 e. The Bertz CT molecular complexity index is 908. The number of pyridine rings is 1. The fourth-order valence-electron chi connectivity index (χ4n) is 3.47. The Hall–Kier alpha value is -2.11. The van der Waals surface area contributed by atoms with E-state index in [4.69, 9.17) is 16.3 Å². The standard InChI is InChI=1S/C20H23ClN4O/c1-14(2)25-20-16(11-23-25)9-15(10-22-20)12-24-8-7-17(13-24)26-19-6-4-3-5-18(19)21/h3-6,9-11,14,17H,7-8,12-13H2,1-2H3. The van der Waals surface area contributed by atoms with Gasteiger partial charge in [0.05, 0.1) is 11.2 Å². The van der Waals surface area contributed by atoms with Crippen molar-refractivity contribution in [1.82, 2.24) is 19.7 Å². The van der Waals surface area contributed by atoms with Crippen LogP contribution in [-0.4, -0.2) is 38.9 Å². The molecule has 0 amide bonds. The third kappa shape index (κ3) is 3.55. The zero-order valence-corrected chi connectivity index (χ0v) is 15.9. The molecule has 1 unspecified atom stereocenters. The molecule has 0 aliphatic carbocycles. The molecule has 5 nitrogen and oxygen atoms in total. The van der Waals surface area contributed by atoms with Crippen LogP contribution in [0.2, 0.25) is 5.02 Å². The second kappa shape index (κ2) is 7.25. The monoisotopic (exact) mass is 370 g/mol. The average molecular weight is 371 g/mol. The number of hydrogen-bond donors (Lipinski definition) is 0. The predicted molar refractivity (Wildman–Crippen MR) is 104 cm³/mol. The van der Waals surface area contributed by atoms with Gasteiger partial charge in [0.15, 0.2) is 5.65 Å². The Morgan fingerprint density at radius 3 is 2.92 bits per heavy atom. The first-order valence-electron chi connectivity index (χ1n) is 9.06. The average Bonchev–Trinajstić information content (AvgIpc) is 3.23. The summed E-state index contributed by atoms with van der Waals surface area (Å²) in [6, 6.07) is 10.2. The van der Waals surface area contributed by atoms with E-state index in [1.807, 2.05) is 41.3 Å². The minimum Gasteiger partial charge on any atom is -0.487 e. The van der Waals surface area contributed by atoms with Crippen molar-refractivity contribution in [3.8, 4) is 5.75 Å². The van der Waals surface area contributed by atoms with E-state index in [1.54, 1.807) is 0 Å². The zero-order valence-electron chi connectivity index (χ0n) is 15.1. The first-order chi connectivity index (χ1) is 12.6. The number of halogens is 1. The van der Waals surface area contributed by atoms with E-state index >= 15 is 0 Å². The van der Waals surface area contributed by atoms with Crippen LogP contribution in [-0.2, 0) is 6.54 Å². The lowest BCUT2D eigenvalue weighted by atomic mass is 10.2. The van der Waals surface area contributed by atoms with Crippen molar-refractivity contribution < 1.29 is 4.74 Å². The Balaban J connectivity index is 1.41. The van der Waals surface area contributed by atoms with Crippen molar-refractivity contribution in [2.75, 3.05) is 13.1 Å². The first kappa shape index (κ1) is 17.3. The molecule has 1 aromatic carbocycles. The maximum Gasteiger partial charge on any atom is 0.157 e. The lowest BCUT2D eigenvalue weighted by molar-refractivity contribution is 0.198. The number of rotatable bonds is 5. The number of ether oxygens (including phenoxy) is 1. The predicted octanol–water partition coefficient (Wildman–Crippen LogP) is 4.32. The minimum absolute atomic E-state index is 0.176. The Morgan fingerprint density at radius 2 is 2.12 bits per heavy atom. The van der Waals surface area contributed by atoms with E-state index in [-0.39, 0.29) is 6.10 Å². The number of aromatic nitrogens is 3. The molecular formula is C20H23ClN4O. The molecule has 1 aliphatic heterocycles. The van der Waals surface area contributed by atoms with Gasteiger partial charge >= 0.3 is 0 Å². The van der Waals surface area contributed by atoms with E-state index in [2.05, 4.69) is 34.9 Å². The second-order valence-corrected chi connectivity index (χ2v) is 7.54. The van der Waals surface area contributed by atoms with Crippen LogP contribution < -0.4 is 4.74 Å².